The molecule has 0 atom stereocenters. The highest BCUT2D eigenvalue weighted by molar-refractivity contribution is 7.23. The van der Waals surface area contributed by atoms with Crippen LogP contribution in [0.15, 0.2) is 12.0 Å². The van der Waals surface area contributed by atoms with E-state index >= 15 is 0 Å². The first kappa shape index (κ1) is 13.8. The number of hydrogen-bond acceptors (Lipinski definition) is 5. The van der Waals surface area contributed by atoms with Crippen LogP contribution in [-0.4, -0.2) is 9.97 Å². The molecule has 0 unspecified atom stereocenters. The summed E-state index contributed by atoms with van der Waals surface area (Å²) in [5.74, 6) is 0. The fourth-order valence-corrected chi connectivity index (χ4v) is 3.00. The summed E-state index contributed by atoms with van der Waals surface area (Å²) < 4.78 is 1.16. The lowest BCUT2D eigenvalue weighted by atomic mass is 10.1. The van der Waals surface area contributed by atoms with Crippen molar-refractivity contribution in [3.05, 3.63) is 23.3 Å². The van der Waals surface area contributed by atoms with Gasteiger partial charge in [0, 0.05) is 11.3 Å². The molecule has 2 aromatic heterocycles. The number of nitrogens with zero attached hydrogens (tertiary/aromatic N) is 2. The first-order valence-corrected chi connectivity index (χ1v) is 7.35. The summed E-state index contributed by atoms with van der Waals surface area (Å²) in [6.45, 7) is 10.4. The molecule has 2 N–H and O–H groups in total. The maximum absolute atomic E-state index is 4.40. The van der Waals surface area contributed by atoms with Gasteiger partial charge in [-0.05, 0) is 26.3 Å². The highest BCUT2D eigenvalue weighted by Crippen LogP contribution is 2.41. The molecular formula is C14H20N4S. The van der Waals surface area contributed by atoms with Gasteiger partial charge >= 0.3 is 0 Å². The van der Waals surface area contributed by atoms with Gasteiger partial charge in [0.05, 0.1) is 15.9 Å². The largest absolute Gasteiger partial charge is 0.304 e. The van der Waals surface area contributed by atoms with E-state index in [4.69, 9.17) is 0 Å². The smallest absolute Gasteiger partial charge is 0.117 e. The molecule has 0 fully saturated rings. The Labute approximate surface area is 117 Å². The number of fused-ring (bicyclic) bond motifs is 3. The van der Waals surface area contributed by atoms with Crippen LogP contribution in [0.25, 0.3) is 15.8 Å². The Balaban J connectivity index is 0.000000408. The van der Waals surface area contributed by atoms with Gasteiger partial charge < -0.3 is 5.43 Å². The van der Waals surface area contributed by atoms with Crippen LogP contribution in [0.3, 0.4) is 0 Å². The second-order valence-corrected chi connectivity index (χ2v) is 5.67. The summed E-state index contributed by atoms with van der Waals surface area (Å²) in [4.78, 5) is 8.63. The Kier molecular flexibility index (Phi) is 4.04. The van der Waals surface area contributed by atoms with Crippen molar-refractivity contribution in [3.8, 4) is 0 Å². The van der Waals surface area contributed by atoms with Crippen molar-refractivity contribution in [2.45, 2.75) is 41.0 Å². The summed E-state index contributed by atoms with van der Waals surface area (Å²) in [7, 11) is 0. The third kappa shape index (κ3) is 2.42. The number of hydrazine groups is 1. The van der Waals surface area contributed by atoms with Crippen molar-refractivity contribution >= 4 is 32.1 Å². The van der Waals surface area contributed by atoms with Crippen molar-refractivity contribution in [1.82, 2.24) is 15.4 Å². The minimum Gasteiger partial charge on any atom is -0.304 e. The van der Waals surface area contributed by atoms with Gasteiger partial charge in [-0.2, -0.15) is 0 Å². The van der Waals surface area contributed by atoms with E-state index in [9.17, 15) is 0 Å². The molecule has 0 radical (unpaired) electrons. The summed E-state index contributed by atoms with van der Waals surface area (Å²) in [5.41, 5.74) is 12.1. The molecule has 0 amide bonds. The van der Waals surface area contributed by atoms with Crippen LogP contribution in [-0.2, 0) is 0 Å². The van der Waals surface area contributed by atoms with E-state index in [1.807, 2.05) is 6.92 Å². The van der Waals surface area contributed by atoms with Crippen LogP contribution in [0.1, 0.15) is 45.4 Å². The molecule has 1 aliphatic heterocycles. The second-order valence-electron chi connectivity index (χ2n) is 4.65. The van der Waals surface area contributed by atoms with Gasteiger partial charge in [-0.3, -0.25) is 5.43 Å². The average molecular weight is 276 g/mol. The number of hydrogen-bond donors (Lipinski definition) is 2. The van der Waals surface area contributed by atoms with Gasteiger partial charge in [-0.25, -0.2) is 9.97 Å². The van der Waals surface area contributed by atoms with Crippen molar-refractivity contribution in [3.63, 3.8) is 0 Å². The maximum atomic E-state index is 4.40. The van der Waals surface area contributed by atoms with Crippen LogP contribution in [0, 0.1) is 6.92 Å². The van der Waals surface area contributed by atoms with E-state index in [2.05, 4.69) is 48.5 Å². The zero-order chi connectivity index (χ0) is 14.0. The number of thiophene rings is 1. The molecule has 3 heterocycles. The predicted molar refractivity (Wildman–Crippen MR) is 83.1 cm³/mol. The zero-order valence-electron chi connectivity index (χ0n) is 12.1. The second kappa shape index (κ2) is 5.57. The lowest BCUT2D eigenvalue weighted by molar-refractivity contribution is 0.953. The first-order valence-electron chi connectivity index (χ1n) is 6.54. The standard InChI is InChI=1S/C11H12N4S.C3H8/c1-5-6(2)14-15-11-8(5)9-10(16-11)7(3)12-4-13-9;1-3-2/h4,14-15H,1-3H3;3H2,1-2H3. The van der Waals surface area contributed by atoms with Crippen LogP contribution >= 0.6 is 11.3 Å². The maximum Gasteiger partial charge on any atom is 0.117 e. The Bertz CT molecular complexity index is 628. The molecule has 5 heteroatoms. The van der Waals surface area contributed by atoms with Gasteiger partial charge in [0.1, 0.15) is 11.3 Å². The monoisotopic (exact) mass is 276 g/mol. The number of anilines is 1. The van der Waals surface area contributed by atoms with Gasteiger partial charge in [-0.1, -0.05) is 20.3 Å². The topological polar surface area (TPSA) is 49.8 Å². The highest BCUT2D eigenvalue weighted by atomic mass is 32.1. The Morgan fingerprint density at radius 2 is 1.79 bits per heavy atom. The number of aryl methyl sites for hydroxylation is 1. The number of allylic oxidation sites excluding steroid dienone is 2. The molecule has 1 aliphatic rings. The Morgan fingerprint density at radius 1 is 1.11 bits per heavy atom. The summed E-state index contributed by atoms with van der Waals surface area (Å²) >= 11 is 1.70. The molecule has 0 aliphatic carbocycles. The van der Waals surface area contributed by atoms with Gasteiger partial charge in [-0.15, -0.1) is 11.3 Å². The Morgan fingerprint density at radius 3 is 2.47 bits per heavy atom. The summed E-state index contributed by atoms with van der Waals surface area (Å²) in [6.07, 6.45) is 2.88. The summed E-state index contributed by atoms with van der Waals surface area (Å²) in [5, 5.41) is 1.13. The van der Waals surface area contributed by atoms with E-state index in [0.29, 0.717) is 0 Å². The molecule has 0 bridgehead atoms. The summed E-state index contributed by atoms with van der Waals surface area (Å²) in [6, 6.07) is 0. The molecule has 19 heavy (non-hydrogen) atoms. The molecule has 2 aromatic rings. The van der Waals surface area contributed by atoms with E-state index in [-0.39, 0.29) is 0 Å². The quantitative estimate of drug-likeness (QED) is 0.760. The molecule has 0 spiro atoms. The van der Waals surface area contributed by atoms with E-state index in [1.54, 1.807) is 17.7 Å². The molecule has 0 saturated heterocycles. The van der Waals surface area contributed by atoms with Crippen molar-refractivity contribution < 1.29 is 0 Å². The number of aromatic nitrogens is 2. The van der Waals surface area contributed by atoms with E-state index in [1.165, 1.54) is 17.6 Å². The molecule has 4 nitrogen and oxygen atoms in total. The Hall–Kier alpha value is -1.62. The minimum absolute atomic E-state index is 1.04. The zero-order valence-corrected chi connectivity index (χ0v) is 12.9. The van der Waals surface area contributed by atoms with Gasteiger partial charge in [0.15, 0.2) is 0 Å². The minimum atomic E-state index is 1.04. The molecule has 0 saturated carbocycles. The lowest BCUT2D eigenvalue weighted by Crippen LogP contribution is -2.23. The van der Waals surface area contributed by atoms with Crippen LogP contribution < -0.4 is 10.9 Å². The van der Waals surface area contributed by atoms with Crippen LogP contribution in [0.2, 0.25) is 0 Å². The lowest BCUT2D eigenvalue weighted by Gasteiger charge is -2.18. The fraction of sp³-hybridized carbons (Fsp3) is 0.429. The third-order valence-corrected chi connectivity index (χ3v) is 4.15. The van der Waals surface area contributed by atoms with Crippen molar-refractivity contribution in [1.29, 1.82) is 0 Å². The molecule has 3 rings (SSSR count). The van der Waals surface area contributed by atoms with Crippen molar-refractivity contribution in [2.75, 3.05) is 5.43 Å². The number of nitrogens with one attached hydrogen (secondary N) is 2. The fourth-order valence-electron chi connectivity index (χ4n) is 1.89. The number of rotatable bonds is 0. The van der Waals surface area contributed by atoms with E-state index < -0.39 is 0 Å². The van der Waals surface area contributed by atoms with Crippen molar-refractivity contribution in [2.24, 2.45) is 0 Å². The van der Waals surface area contributed by atoms with E-state index in [0.717, 1.165) is 26.6 Å². The average Bonchev–Trinajstić information content (AvgIpc) is 2.76. The van der Waals surface area contributed by atoms with Crippen LogP contribution in [0.4, 0.5) is 5.00 Å². The first-order chi connectivity index (χ1) is 9.10. The highest BCUT2D eigenvalue weighted by Gasteiger charge is 2.20. The molecular weight excluding hydrogens is 256 g/mol. The van der Waals surface area contributed by atoms with Crippen LogP contribution in [0.5, 0.6) is 0 Å². The van der Waals surface area contributed by atoms with Gasteiger partial charge in [0.2, 0.25) is 0 Å². The SMILES string of the molecule is CC1=C(C)c2c(sc3c(C)ncnc23)NN1.CCC. The molecule has 0 aromatic carbocycles. The third-order valence-electron chi connectivity index (χ3n) is 2.95. The predicted octanol–water partition coefficient (Wildman–Crippen LogP) is 4.10. The van der Waals surface area contributed by atoms with Gasteiger partial charge in [0.25, 0.3) is 0 Å². The molecule has 102 valence electrons. The normalized spacial score (nSPS) is 13.3.